The molecule has 10 nitrogen and oxygen atoms in total. The molecular weight excluding hydrogens is 424 g/mol. The molecule has 1 fully saturated rings. The Hall–Kier alpha value is -3.05. The molecule has 5 N–H and O–H groups in total. The van der Waals surface area contributed by atoms with E-state index < -0.39 is 10.1 Å². The SMILES string of the molecule is COc1cc(C(c2cnc(N)nc2N)C2CC2)c2c(c1OC)OCC=C2.CS(=O)(=O)O. The van der Waals surface area contributed by atoms with Crippen LogP contribution in [-0.4, -0.2) is 50.0 Å². The van der Waals surface area contributed by atoms with Crippen molar-refractivity contribution < 1.29 is 27.2 Å². The van der Waals surface area contributed by atoms with Crippen molar-refractivity contribution in [1.82, 2.24) is 9.97 Å². The first-order valence-electron chi connectivity index (χ1n) is 9.52. The Balaban J connectivity index is 0.000000491. The minimum atomic E-state index is -3.67. The number of benzene rings is 1. The Morgan fingerprint density at radius 1 is 1.23 bits per heavy atom. The van der Waals surface area contributed by atoms with Gasteiger partial charge in [-0.3, -0.25) is 4.55 Å². The Kier molecular flexibility index (Phi) is 6.56. The molecule has 31 heavy (non-hydrogen) atoms. The van der Waals surface area contributed by atoms with Crippen molar-refractivity contribution >= 4 is 28.0 Å². The van der Waals surface area contributed by atoms with E-state index in [0.717, 1.165) is 29.5 Å². The highest BCUT2D eigenvalue weighted by Crippen LogP contribution is 2.53. The minimum absolute atomic E-state index is 0.0514. The maximum atomic E-state index is 9.19. The van der Waals surface area contributed by atoms with Crippen molar-refractivity contribution in [2.45, 2.75) is 18.8 Å². The van der Waals surface area contributed by atoms with Crippen LogP contribution in [0.3, 0.4) is 0 Å². The van der Waals surface area contributed by atoms with Crippen LogP contribution in [0.4, 0.5) is 11.8 Å². The van der Waals surface area contributed by atoms with E-state index in [9.17, 15) is 8.42 Å². The number of rotatable bonds is 5. The first-order chi connectivity index (χ1) is 14.6. The van der Waals surface area contributed by atoms with Gasteiger partial charge >= 0.3 is 0 Å². The predicted molar refractivity (Wildman–Crippen MR) is 117 cm³/mol. The van der Waals surface area contributed by atoms with Gasteiger partial charge in [0.05, 0.1) is 20.5 Å². The molecular formula is C20H26N4O6S. The molecule has 1 saturated carbocycles. The van der Waals surface area contributed by atoms with E-state index in [1.54, 1.807) is 20.4 Å². The second-order valence-corrected chi connectivity index (χ2v) is 8.74. The lowest BCUT2D eigenvalue weighted by Crippen LogP contribution is -2.14. The Bertz CT molecular complexity index is 1090. The van der Waals surface area contributed by atoms with Gasteiger partial charge in [-0.05, 0) is 36.5 Å². The fourth-order valence-corrected chi connectivity index (χ4v) is 3.63. The van der Waals surface area contributed by atoms with E-state index in [1.807, 2.05) is 12.1 Å². The van der Waals surface area contributed by atoms with Crippen LogP contribution in [0.2, 0.25) is 0 Å². The molecule has 0 saturated heterocycles. The summed E-state index contributed by atoms with van der Waals surface area (Å²) in [5, 5.41) is 0. The monoisotopic (exact) mass is 450 g/mol. The number of hydrogen-bond donors (Lipinski definition) is 3. The molecule has 2 heterocycles. The van der Waals surface area contributed by atoms with Gasteiger partial charge < -0.3 is 25.7 Å². The smallest absolute Gasteiger partial charge is 0.261 e. The van der Waals surface area contributed by atoms with Gasteiger partial charge in [0.15, 0.2) is 11.5 Å². The zero-order chi connectivity index (χ0) is 22.8. The van der Waals surface area contributed by atoms with E-state index in [0.29, 0.717) is 41.8 Å². The number of nitrogens with zero attached hydrogens (tertiary/aromatic N) is 2. The molecule has 0 amide bonds. The standard InChI is InChI=1S/C19H22N4O3.CH4O3S/c1-24-14-8-12(11-4-3-7-26-16(11)17(14)25-2)15(10-5-6-10)13-9-22-19(21)23-18(13)20;1-5(2,3)4/h3-4,8-10,15H,5-7H2,1-2H3,(H4,20,21,22,23);1H3,(H,2,3,4). The van der Waals surface area contributed by atoms with E-state index >= 15 is 0 Å². The predicted octanol–water partition coefficient (Wildman–Crippen LogP) is 2.11. The number of nitrogen functional groups attached to an aromatic ring is 2. The third kappa shape index (κ3) is 5.36. The average molecular weight is 451 g/mol. The quantitative estimate of drug-likeness (QED) is 0.576. The topological polar surface area (TPSA) is 160 Å². The van der Waals surface area contributed by atoms with E-state index in [-0.39, 0.29) is 11.9 Å². The zero-order valence-corrected chi connectivity index (χ0v) is 18.3. The summed E-state index contributed by atoms with van der Waals surface area (Å²) >= 11 is 0. The fraction of sp³-hybridized carbons (Fsp3) is 0.400. The van der Waals surface area contributed by atoms with Crippen LogP contribution in [-0.2, 0) is 10.1 Å². The van der Waals surface area contributed by atoms with Crippen LogP contribution >= 0.6 is 0 Å². The lowest BCUT2D eigenvalue weighted by Gasteiger charge is -2.26. The van der Waals surface area contributed by atoms with Crippen LogP contribution in [0.5, 0.6) is 17.2 Å². The molecule has 168 valence electrons. The largest absolute Gasteiger partial charge is 0.493 e. The highest BCUT2D eigenvalue weighted by Gasteiger charge is 2.38. The highest BCUT2D eigenvalue weighted by atomic mass is 32.2. The molecule has 1 aliphatic heterocycles. The molecule has 1 atom stereocenters. The number of fused-ring (bicyclic) bond motifs is 1. The zero-order valence-electron chi connectivity index (χ0n) is 17.5. The highest BCUT2D eigenvalue weighted by molar-refractivity contribution is 7.85. The Morgan fingerprint density at radius 2 is 1.90 bits per heavy atom. The van der Waals surface area contributed by atoms with E-state index in [1.165, 1.54) is 0 Å². The first kappa shape index (κ1) is 22.6. The van der Waals surface area contributed by atoms with Crippen LogP contribution in [0.1, 0.15) is 35.4 Å². The third-order valence-corrected chi connectivity index (χ3v) is 4.93. The fourth-order valence-electron chi connectivity index (χ4n) is 3.63. The molecule has 1 aliphatic carbocycles. The first-order valence-corrected chi connectivity index (χ1v) is 11.4. The van der Waals surface area contributed by atoms with Crippen LogP contribution < -0.4 is 25.7 Å². The van der Waals surface area contributed by atoms with Gasteiger partial charge in [-0.25, -0.2) is 4.98 Å². The maximum absolute atomic E-state index is 9.19. The molecule has 4 rings (SSSR count). The molecule has 2 aromatic rings. The molecule has 0 spiro atoms. The average Bonchev–Trinajstić information content (AvgIpc) is 3.53. The molecule has 2 aliphatic rings. The lowest BCUT2D eigenvalue weighted by molar-refractivity contribution is 0.303. The summed E-state index contributed by atoms with van der Waals surface area (Å²) in [6.45, 7) is 0.497. The molecule has 0 bridgehead atoms. The molecule has 11 heteroatoms. The Labute approximate surface area is 181 Å². The summed E-state index contributed by atoms with van der Waals surface area (Å²) in [5.41, 5.74) is 14.8. The van der Waals surface area contributed by atoms with Crippen LogP contribution in [0.25, 0.3) is 6.08 Å². The normalized spacial score (nSPS) is 15.7. The van der Waals surface area contributed by atoms with E-state index in [2.05, 4.69) is 16.0 Å². The van der Waals surface area contributed by atoms with Gasteiger partial charge in [0, 0.05) is 23.2 Å². The lowest BCUT2D eigenvalue weighted by atomic mass is 9.84. The summed E-state index contributed by atoms with van der Waals surface area (Å²) in [7, 11) is -0.427. The second-order valence-electron chi connectivity index (χ2n) is 7.27. The number of hydrogen-bond acceptors (Lipinski definition) is 9. The van der Waals surface area contributed by atoms with E-state index in [4.69, 9.17) is 30.2 Å². The summed E-state index contributed by atoms with van der Waals surface area (Å²) in [5.74, 6) is 3.06. The van der Waals surface area contributed by atoms with Gasteiger partial charge in [-0.1, -0.05) is 6.08 Å². The van der Waals surface area contributed by atoms with Crippen LogP contribution in [0.15, 0.2) is 18.3 Å². The number of methoxy groups -OCH3 is 2. The summed E-state index contributed by atoms with van der Waals surface area (Å²) < 4.78 is 42.9. The Morgan fingerprint density at radius 3 is 2.45 bits per heavy atom. The van der Waals surface area contributed by atoms with Crippen molar-refractivity contribution in [2.24, 2.45) is 5.92 Å². The van der Waals surface area contributed by atoms with Gasteiger partial charge in [0.25, 0.3) is 10.1 Å². The second kappa shape index (κ2) is 8.98. The summed E-state index contributed by atoms with van der Waals surface area (Å²) in [6.07, 6.45) is 8.76. The van der Waals surface area contributed by atoms with Crippen molar-refractivity contribution in [3.8, 4) is 17.2 Å². The van der Waals surface area contributed by atoms with Crippen LogP contribution in [0, 0.1) is 5.92 Å². The number of nitrogens with two attached hydrogens (primary N) is 2. The minimum Gasteiger partial charge on any atom is -0.493 e. The third-order valence-electron chi connectivity index (χ3n) is 4.93. The molecule has 1 unspecified atom stereocenters. The van der Waals surface area contributed by atoms with Crippen molar-refractivity contribution in [2.75, 3.05) is 38.5 Å². The number of ether oxygens (including phenoxy) is 3. The van der Waals surface area contributed by atoms with Gasteiger partial charge in [0.2, 0.25) is 11.7 Å². The molecule has 0 radical (unpaired) electrons. The van der Waals surface area contributed by atoms with Crippen molar-refractivity contribution in [3.05, 3.63) is 35.0 Å². The van der Waals surface area contributed by atoms with Crippen molar-refractivity contribution in [3.63, 3.8) is 0 Å². The summed E-state index contributed by atoms with van der Waals surface area (Å²) in [6, 6.07) is 2.01. The van der Waals surface area contributed by atoms with Crippen molar-refractivity contribution in [1.29, 1.82) is 0 Å². The molecule has 1 aromatic heterocycles. The van der Waals surface area contributed by atoms with Gasteiger partial charge in [-0.15, -0.1) is 0 Å². The summed E-state index contributed by atoms with van der Waals surface area (Å²) in [4.78, 5) is 8.32. The number of aromatic nitrogens is 2. The van der Waals surface area contributed by atoms with Gasteiger partial charge in [0.1, 0.15) is 12.4 Å². The molecule has 1 aromatic carbocycles. The van der Waals surface area contributed by atoms with Gasteiger partial charge in [-0.2, -0.15) is 13.4 Å². The number of anilines is 2. The maximum Gasteiger partial charge on any atom is 0.261 e.